The molecule has 3 rings (SSSR count). The Morgan fingerprint density at radius 1 is 1.44 bits per heavy atom. The Morgan fingerprint density at radius 3 is 3.19 bits per heavy atom. The van der Waals surface area contributed by atoms with Crippen molar-refractivity contribution >= 4 is 33.3 Å². The SMILES string of the molecule is Fc1ccc2nc(C3CSCCN3)sc2c1. The summed E-state index contributed by atoms with van der Waals surface area (Å²) in [6.45, 7) is 1.03. The minimum Gasteiger partial charge on any atom is -0.306 e. The smallest absolute Gasteiger partial charge is 0.124 e. The van der Waals surface area contributed by atoms with Gasteiger partial charge in [-0.25, -0.2) is 9.37 Å². The summed E-state index contributed by atoms with van der Waals surface area (Å²) in [5.41, 5.74) is 0.902. The predicted octanol–water partition coefficient (Wildman–Crippen LogP) is 2.81. The van der Waals surface area contributed by atoms with Gasteiger partial charge in [-0.3, -0.25) is 0 Å². The van der Waals surface area contributed by atoms with Crippen molar-refractivity contribution in [3.05, 3.63) is 29.0 Å². The van der Waals surface area contributed by atoms with Crippen LogP contribution in [0.5, 0.6) is 0 Å². The van der Waals surface area contributed by atoms with Crippen molar-refractivity contribution < 1.29 is 4.39 Å². The number of nitrogens with one attached hydrogen (secondary N) is 1. The quantitative estimate of drug-likeness (QED) is 0.847. The van der Waals surface area contributed by atoms with E-state index in [0.717, 1.165) is 33.3 Å². The average Bonchev–Trinajstić information content (AvgIpc) is 2.73. The van der Waals surface area contributed by atoms with E-state index in [-0.39, 0.29) is 5.82 Å². The van der Waals surface area contributed by atoms with Gasteiger partial charge < -0.3 is 5.32 Å². The summed E-state index contributed by atoms with van der Waals surface area (Å²) in [4.78, 5) is 4.55. The molecule has 1 saturated heterocycles. The number of benzene rings is 1. The van der Waals surface area contributed by atoms with E-state index in [0.29, 0.717) is 6.04 Å². The molecule has 1 aromatic heterocycles. The van der Waals surface area contributed by atoms with Crippen LogP contribution >= 0.6 is 23.1 Å². The van der Waals surface area contributed by atoms with E-state index in [1.807, 2.05) is 11.8 Å². The van der Waals surface area contributed by atoms with Crippen LogP contribution in [-0.2, 0) is 0 Å². The molecule has 1 aromatic carbocycles. The zero-order valence-electron chi connectivity index (χ0n) is 8.57. The molecule has 1 fully saturated rings. The molecule has 0 radical (unpaired) electrons. The maximum Gasteiger partial charge on any atom is 0.124 e. The second-order valence-corrected chi connectivity index (χ2v) is 5.96. The summed E-state index contributed by atoms with van der Waals surface area (Å²) in [7, 11) is 0. The van der Waals surface area contributed by atoms with E-state index in [1.165, 1.54) is 6.07 Å². The fourth-order valence-electron chi connectivity index (χ4n) is 1.79. The lowest BCUT2D eigenvalue weighted by atomic mass is 10.3. The minimum atomic E-state index is -0.186. The van der Waals surface area contributed by atoms with Crippen molar-refractivity contribution in [2.24, 2.45) is 0 Å². The Kier molecular flexibility index (Phi) is 2.83. The molecule has 2 aromatic rings. The minimum absolute atomic E-state index is 0.186. The summed E-state index contributed by atoms with van der Waals surface area (Å²) in [5.74, 6) is 2.03. The number of halogens is 1. The van der Waals surface area contributed by atoms with Gasteiger partial charge in [0.2, 0.25) is 0 Å². The Balaban J connectivity index is 1.97. The van der Waals surface area contributed by atoms with Crippen molar-refractivity contribution in [3.63, 3.8) is 0 Å². The molecule has 84 valence electrons. The largest absolute Gasteiger partial charge is 0.306 e. The highest BCUT2D eigenvalue weighted by atomic mass is 32.2. The van der Waals surface area contributed by atoms with E-state index in [1.54, 1.807) is 23.5 Å². The van der Waals surface area contributed by atoms with E-state index in [4.69, 9.17) is 0 Å². The van der Waals surface area contributed by atoms with Crippen molar-refractivity contribution in [3.8, 4) is 0 Å². The summed E-state index contributed by atoms with van der Waals surface area (Å²) in [6, 6.07) is 5.11. The van der Waals surface area contributed by atoms with Crippen LogP contribution in [0.3, 0.4) is 0 Å². The van der Waals surface area contributed by atoms with Crippen molar-refractivity contribution in [1.29, 1.82) is 0 Å². The van der Waals surface area contributed by atoms with Crippen molar-refractivity contribution in [1.82, 2.24) is 10.3 Å². The van der Waals surface area contributed by atoms with Gasteiger partial charge in [0.05, 0.1) is 16.3 Å². The van der Waals surface area contributed by atoms with E-state index >= 15 is 0 Å². The first kappa shape index (κ1) is 10.5. The van der Waals surface area contributed by atoms with Gasteiger partial charge >= 0.3 is 0 Å². The van der Waals surface area contributed by atoms with Gasteiger partial charge in [0.25, 0.3) is 0 Å². The zero-order valence-corrected chi connectivity index (χ0v) is 10.2. The van der Waals surface area contributed by atoms with Crippen LogP contribution in [-0.4, -0.2) is 23.0 Å². The summed E-state index contributed by atoms with van der Waals surface area (Å²) < 4.78 is 14.0. The average molecular weight is 254 g/mol. The van der Waals surface area contributed by atoms with Gasteiger partial charge in [0.1, 0.15) is 10.8 Å². The molecular formula is C11H11FN2S2. The van der Waals surface area contributed by atoms with E-state index in [2.05, 4.69) is 10.3 Å². The molecule has 0 bridgehead atoms. The van der Waals surface area contributed by atoms with Gasteiger partial charge in [-0.15, -0.1) is 11.3 Å². The first-order valence-electron chi connectivity index (χ1n) is 5.20. The van der Waals surface area contributed by atoms with Gasteiger partial charge in [-0.05, 0) is 18.2 Å². The number of hydrogen-bond acceptors (Lipinski definition) is 4. The van der Waals surface area contributed by atoms with Crippen LogP contribution in [0.1, 0.15) is 11.0 Å². The molecular weight excluding hydrogens is 243 g/mol. The molecule has 1 N–H and O–H groups in total. The molecule has 1 aliphatic heterocycles. The monoisotopic (exact) mass is 254 g/mol. The fourth-order valence-corrected chi connectivity index (χ4v) is 3.90. The first-order chi connectivity index (χ1) is 7.83. The Morgan fingerprint density at radius 2 is 2.38 bits per heavy atom. The third-order valence-corrected chi connectivity index (χ3v) is 4.78. The zero-order chi connectivity index (χ0) is 11.0. The van der Waals surface area contributed by atoms with Crippen LogP contribution in [0, 0.1) is 5.82 Å². The van der Waals surface area contributed by atoms with Crippen molar-refractivity contribution in [2.45, 2.75) is 6.04 Å². The predicted molar refractivity (Wildman–Crippen MR) is 67.6 cm³/mol. The highest BCUT2D eigenvalue weighted by Gasteiger charge is 2.18. The molecule has 1 aliphatic rings. The molecule has 0 aliphatic carbocycles. The number of thioether (sulfide) groups is 1. The molecule has 0 amide bonds. The van der Waals surface area contributed by atoms with Gasteiger partial charge in [0, 0.05) is 18.1 Å². The van der Waals surface area contributed by atoms with Gasteiger partial charge in [-0.2, -0.15) is 11.8 Å². The maximum absolute atomic E-state index is 13.0. The Hall–Kier alpha value is -0.650. The lowest BCUT2D eigenvalue weighted by molar-refractivity contribution is 0.593. The van der Waals surface area contributed by atoms with Gasteiger partial charge in [0.15, 0.2) is 0 Å². The number of nitrogens with zero attached hydrogens (tertiary/aromatic N) is 1. The second-order valence-electron chi connectivity index (χ2n) is 3.75. The van der Waals surface area contributed by atoms with Crippen LogP contribution in [0.15, 0.2) is 18.2 Å². The number of rotatable bonds is 1. The molecule has 2 heterocycles. The third-order valence-electron chi connectivity index (χ3n) is 2.59. The van der Waals surface area contributed by atoms with Gasteiger partial charge in [-0.1, -0.05) is 0 Å². The van der Waals surface area contributed by atoms with Crippen LogP contribution in [0.25, 0.3) is 10.2 Å². The van der Waals surface area contributed by atoms with Crippen LogP contribution in [0.2, 0.25) is 0 Å². The molecule has 5 heteroatoms. The molecule has 2 nitrogen and oxygen atoms in total. The number of aromatic nitrogens is 1. The summed E-state index contributed by atoms with van der Waals surface area (Å²) in [5, 5.41) is 4.52. The summed E-state index contributed by atoms with van der Waals surface area (Å²) in [6.07, 6.45) is 0. The highest BCUT2D eigenvalue weighted by molar-refractivity contribution is 7.99. The van der Waals surface area contributed by atoms with Crippen LogP contribution in [0.4, 0.5) is 4.39 Å². The molecule has 1 unspecified atom stereocenters. The number of fused-ring (bicyclic) bond motifs is 1. The lowest BCUT2D eigenvalue weighted by Crippen LogP contribution is -2.30. The standard InChI is InChI=1S/C11H11FN2S2/c12-7-1-2-8-10(5-7)16-11(14-8)9-6-15-4-3-13-9/h1-2,5,9,13H,3-4,6H2. The first-order valence-corrected chi connectivity index (χ1v) is 7.17. The van der Waals surface area contributed by atoms with Crippen LogP contribution < -0.4 is 5.32 Å². The molecule has 0 saturated carbocycles. The number of thiazole rings is 1. The maximum atomic E-state index is 13.0. The second kappa shape index (κ2) is 4.31. The topological polar surface area (TPSA) is 24.9 Å². The summed E-state index contributed by atoms with van der Waals surface area (Å²) >= 11 is 3.53. The molecule has 16 heavy (non-hydrogen) atoms. The fraction of sp³-hybridized carbons (Fsp3) is 0.364. The Bertz CT molecular complexity index is 506. The third kappa shape index (κ3) is 1.95. The molecule has 0 spiro atoms. The highest BCUT2D eigenvalue weighted by Crippen LogP contribution is 2.30. The normalized spacial score (nSPS) is 21.4. The molecule has 1 atom stereocenters. The number of hydrogen-bond donors (Lipinski definition) is 1. The van der Waals surface area contributed by atoms with E-state index < -0.39 is 0 Å². The van der Waals surface area contributed by atoms with E-state index in [9.17, 15) is 4.39 Å². The Labute approximate surface area is 101 Å². The lowest BCUT2D eigenvalue weighted by Gasteiger charge is -2.20. The van der Waals surface area contributed by atoms with Crippen molar-refractivity contribution in [2.75, 3.05) is 18.1 Å².